The maximum absolute atomic E-state index is 12.1. The second kappa shape index (κ2) is 81.8. The van der Waals surface area contributed by atoms with E-state index in [4.69, 9.17) is 99.5 Å². The molecular formula is C70H139BrN2O22. The van der Waals surface area contributed by atoms with Gasteiger partial charge >= 0.3 is 5.97 Å². The molecule has 1 heterocycles. The van der Waals surface area contributed by atoms with E-state index in [9.17, 15) is 4.79 Å². The highest BCUT2D eigenvalue weighted by atomic mass is 79.9. The van der Waals surface area contributed by atoms with Gasteiger partial charge in [-0.2, -0.15) is 0 Å². The first-order valence-electron chi connectivity index (χ1n) is 36.5. The van der Waals surface area contributed by atoms with Crippen LogP contribution in [0.15, 0.2) is 12.2 Å². The highest BCUT2D eigenvalue weighted by Gasteiger charge is 2.28. The number of allylic oxidation sites excluding steroid dienone is 2. The monoisotopic (exact) mass is 1440 g/mol. The van der Waals surface area contributed by atoms with Gasteiger partial charge in [0.05, 0.1) is 291 Å². The first kappa shape index (κ1) is 93.8. The molecule has 1 rings (SSSR count). The minimum atomic E-state index is -0.168. The fourth-order valence-electron chi connectivity index (χ4n) is 9.24. The van der Waals surface area contributed by atoms with E-state index >= 15 is 0 Å². The summed E-state index contributed by atoms with van der Waals surface area (Å²) in [6.45, 7) is 31.3. The zero-order valence-corrected chi connectivity index (χ0v) is 61.7. The molecule has 0 aromatic rings. The molecule has 0 saturated carbocycles. The fraction of sp³-hybridized carbons (Fsp3) is 0.957. The number of carbonyl (C=O) groups excluding carboxylic acids is 1. The molecule has 0 N–H and O–H groups in total. The predicted octanol–water partition coefficient (Wildman–Crippen LogP) is 4.86. The third-order valence-corrected chi connectivity index (χ3v) is 15.0. The average molecular weight is 1440 g/mol. The van der Waals surface area contributed by atoms with Crippen LogP contribution in [0.4, 0.5) is 0 Å². The number of halogens is 1. The second-order valence-electron chi connectivity index (χ2n) is 23.1. The summed E-state index contributed by atoms with van der Waals surface area (Å²) in [6, 6.07) is 0. The van der Waals surface area contributed by atoms with E-state index in [1.807, 2.05) is 0 Å². The van der Waals surface area contributed by atoms with Gasteiger partial charge in [-0.15, -0.1) is 0 Å². The highest BCUT2D eigenvalue weighted by Crippen LogP contribution is 2.13. The van der Waals surface area contributed by atoms with Crippen molar-refractivity contribution in [2.24, 2.45) is 0 Å². The van der Waals surface area contributed by atoms with Crippen LogP contribution in [0.5, 0.6) is 0 Å². The third-order valence-electron chi connectivity index (χ3n) is 15.0. The van der Waals surface area contributed by atoms with Crippen molar-refractivity contribution in [2.45, 2.75) is 123 Å². The first-order valence-corrected chi connectivity index (χ1v) is 36.5. The quantitative estimate of drug-likeness (QED) is 0.0344. The van der Waals surface area contributed by atoms with Crippen molar-refractivity contribution in [1.82, 2.24) is 4.90 Å². The van der Waals surface area contributed by atoms with Crippen LogP contribution in [-0.2, 0) is 104 Å². The van der Waals surface area contributed by atoms with Gasteiger partial charge in [0, 0.05) is 26.2 Å². The highest BCUT2D eigenvalue weighted by molar-refractivity contribution is 5.69. The molecule has 0 aromatic heterocycles. The van der Waals surface area contributed by atoms with Crippen molar-refractivity contribution in [1.29, 1.82) is 0 Å². The van der Waals surface area contributed by atoms with Crippen molar-refractivity contribution in [3.8, 4) is 0 Å². The van der Waals surface area contributed by atoms with E-state index in [1.54, 1.807) is 0 Å². The number of likely N-dealkylation sites (N-methyl/N-ethyl adjacent to an activating group) is 1. The lowest BCUT2D eigenvalue weighted by Gasteiger charge is -2.42. The van der Waals surface area contributed by atoms with Gasteiger partial charge in [0.25, 0.3) is 0 Å². The van der Waals surface area contributed by atoms with E-state index in [2.05, 4.69) is 37.9 Å². The first-order chi connectivity index (χ1) is 46.6. The fourth-order valence-corrected chi connectivity index (χ4v) is 9.24. The Bertz CT molecular complexity index is 1490. The van der Waals surface area contributed by atoms with E-state index in [-0.39, 0.29) is 29.6 Å². The molecule has 1 saturated heterocycles. The Kier molecular flexibility index (Phi) is 80.7. The molecule has 0 unspecified atom stereocenters. The van der Waals surface area contributed by atoms with Crippen LogP contribution in [0.2, 0.25) is 0 Å². The number of ether oxygens (including phenoxy) is 21. The molecule has 1 fully saturated rings. The minimum absolute atomic E-state index is 0. The second-order valence-corrected chi connectivity index (χ2v) is 23.1. The molecule has 1 aliphatic rings. The topological polar surface area (TPSA) is 214 Å². The van der Waals surface area contributed by atoms with Crippen LogP contribution in [0.25, 0.3) is 0 Å². The smallest absolute Gasteiger partial charge is 0.307 e. The molecule has 0 aromatic carbocycles. The largest absolute Gasteiger partial charge is 1.00 e. The van der Waals surface area contributed by atoms with Crippen molar-refractivity contribution < 1.29 is 126 Å². The van der Waals surface area contributed by atoms with Crippen LogP contribution in [-0.4, -0.2) is 333 Å². The van der Waals surface area contributed by atoms with Crippen LogP contribution < -0.4 is 17.0 Å². The summed E-state index contributed by atoms with van der Waals surface area (Å²) in [4.78, 5) is 14.5. The maximum Gasteiger partial charge on any atom is 0.307 e. The van der Waals surface area contributed by atoms with Gasteiger partial charge in [-0.3, -0.25) is 9.69 Å². The van der Waals surface area contributed by atoms with E-state index < -0.39 is 0 Å². The van der Waals surface area contributed by atoms with Crippen molar-refractivity contribution in [2.75, 3.05) is 317 Å². The zero-order chi connectivity index (χ0) is 67.2. The van der Waals surface area contributed by atoms with Crippen molar-refractivity contribution >= 4 is 5.97 Å². The van der Waals surface area contributed by atoms with Crippen LogP contribution in [0.3, 0.4) is 0 Å². The zero-order valence-electron chi connectivity index (χ0n) is 60.2. The van der Waals surface area contributed by atoms with Gasteiger partial charge in [0.15, 0.2) is 0 Å². The number of nitrogens with zero attached hydrogens (tertiary/aromatic N) is 2. The number of hydrogen-bond donors (Lipinski definition) is 0. The molecule has 1 aliphatic heterocycles. The Morgan fingerprint density at radius 2 is 0.516 bits per heavy atom. The van der Waals surface area contributed by atoms with Gasteiger partial charge in [0.2, 0.25) is 0 Å². The number of carbonyl (C=O) groups is 1. The molecule has 0 bridgehead atoms. The van der Waals surface area contributed by atoms with Crippen molar-refractivity contribution in [3.63, 3.8) is 0 Å². The maximum atomic E-state index is 12.1. The van der Waals surface area contributed by atoms with E-state index in [1.165, 1.54) is 103 Å². The summed E-state index contributed by atoms with van der Waals surface area (Å²) in [7, 11) is 2.35. The Balaban J connectivity index is 0.0000884. The lowest BCUT2D eigenvalue weighted by Crippen LogP contribution is -3.00. The number of piperazine rings is 1. The van der Waals surface area contributed by atoms with Gasteiger partial charge < -0.3 is 121 Å². The predicted molar refractivity (Wildman–Crippen MR) is 364 cm³/mol. The Morgan fingerprint density at radius 3 is 0.779 bits per heavy atom. The van der Waals surface area contributed by atoms with Crippen molar-refractivity contribution in [3.05, 3.63) is 12.2 Å². The number of unbranched alkanes of at least 4 members (excludes halogenated alkanes) is 13. The summed E-state index contributed by atoms with van der Waals surface area (Å²) in [5, 5.41) is 0. The lowest BCUT2D eigenvalue weighted by molar-refractivity contribution is -0.913. The summed E-state index contributed by atoms with van der Waals surface area (Å²) < 4.78 is 118. The van der Waals surface area contributed by atoms with Crippen LogP contribution in [0, 0.1) is 0 Å². The standard InChI is InChI=1S/C70H139N2O22.BrH/c1-4-6-8-9-10-11-12-13-14-15-16-17-18-19-20-21-29-74-30-31-75-32-33-76-34-35-77-36-37-78-38-39-79-40-41-80-42-43-81-44-45-82-46-47-83-48-49-84-50-51-85-52-53-86-54-55-87-56-57-88-58-59-89-60-61-90-62-63-91-64-65-92-66-67-93-68-69-94-70(73)22-23-71-24-27-72(3,28-25-71)26-7-5-2;/h13-14H,4-12,15-69H2,1-3H3;1H/q+1;/p-1/b14-13-;. The third kappa shape index (κ3) is 76.8. The van der Waals surface area contributed by atoms with Gasteiger partial charge in [-0.25, -0.2) is 0 Å². The number of esters is 1. The van der Waals surface area contributed by atoms with Crippen LogP contribution in [0.1, 0.15) is 123 Å². The molecule has 95 heavy (non-hydrogen) atoms. The number of rotatable bonds is 82. The molecular weight excluding hydrogens is 1300 g/mol. The summed E-state index contributed by atoms with van der Waals surface area (Å²) in [6.07, 6.45) is 26.1. The molecule has 0 atom stereocenters. The molecule has 25 heteroatoms. The Morgan fingerprint density at radius 1 is 0.295 bits per heavy atom. The lowest BCUT2D eigenvalue weighted by atomic mass is 10.1. The van der Waals surface area contributed by atoms with Crippen LogP contribution >= 0.6 is 0 Å². The Hall–Kier alpha value is -1.19. The molecule has 24 nitrogen and oxygen atoms in total. The van der Waals surface area contributed by atoms with E-state index in [0.717, 1.165) is 50.2 Å². The van der Waals surface area contributed by atoms with E-state index in [0.29, 0.717) is 264 Å². The van der Waals surface area contributed by atoms with Gasteiger partial charge in [-0.05, 0) is 38.5 Å². The molecule has 0 amide bonds. The summed E-state index contributed by atoms with van der Waals surface area (Å²) in [5.74, 6) is -0.168. The average Bonchev–Trinajstić information content (AvgIpc) is 0.919. The molecule has 0 spiro atoms. The normalized spacial score (nSPS) is 13.4. The Labute approximate surface area is 586 Å². The summed E-state index contributed by atoms with van der Waals surface area (Å²) >= 11 is 0. The summed E-state index contributed by atoms with van der Waals surface area (Å²) in [5.41, 5.74) is 0. The minimum Gasteiger partial charge on any atom is -1.00 e. The molecule has 0 radical (unpaired) electrons. The number of quaternary nitrogens is 1. The van der Waals surface area contributed by atoms with Gasteiger partial charge in [0.1, 0.15) is 6.61 Å². The molecule has 568 valence electrons. The molecule has 0 aliphatic carbocycles. The SMILES string of the molecule is CCCCCCCC/C=C\CCCCCCCCOCCOCCOCCOCCOCCOCCOCCOCCOCCOCCOCCOCCOCCOCCOCCOCCOCCOCCOCCOCCOC(=O)CCN1CC[N+](C)(CCCC)CC1.[Br-]. The van der Waals surface area contributed by atoms with Gasteiger partial charge in [-0.1, -0.05) is 90.2 Å². The number of hydrogen-bond acceptors (Lipinski definition) is 23.